The number of nitrogens with zero attached hydrogens (tertiary/aromatic N) is 3. The molecule has 1 N–H and O–H groups in total. The first kappa shape index (κ1) is 19.2. The second-order valence-corrected chi connectivity index (χ2v) is 6.07. The maximum Gasteiger partial charge on any atom is 0.324 e. The Labute approximate surface area is 163 Å². The normalized spacial score (nSPS) is 10.4. The molecule has 0 fully saturated rings. The van der Waals surface area contributed by atoms with E-state index in [-0.39, 0.29) is 18.5 Å². The van der Waals surface area contributed by atoms with E-state index in [9.17, 15) is 4.79 Å². The molecule has 3 aromatic rings. The Morgan fingerprint density at radius 2 is 1.86 bits per heavy atom. The van der Waals surface area contributed by atoms with Gasteiger partial charge in [-0.25, -0.2) is 0 Å². The number of rotatable bonds is 8. The molecule has 3 rings (SSSR count). The van der Waals surface area contributed by atoms with Gasteiger partial charge in [0.05, 0.1) is 14.2 Å². The topological polar surface area (TPSA) is 89.7 Å². The lowest BCUT2D eigenvalue weighted by molar-refractivity contribution is -0.119. The van der Waals surface area contributed by atoms with Crippen molar-refractivity contribution in [3.05, 3.63) is 54.1 Å². The van der Waals surface area contributed by atoms with Crippen molar-refractivity contribution < 1.29 is 18.8 Å². The standard InChI is InChI=1S/C20H22N4O4/c1-24(13-18(25)21-12-15-6-4-5-7-17(15)27-3)20-22-19(23-28-20)14-8-10-16(26-2)11-9-14/h4-11H,12-13H2,1-3H3,(H,21,25). The zero-order valence-electron chi connectivity index (χ0n) is 16.0. The second kappa shape index (κ2) is 8.90. The first-order valence-electron chi connectivity index (χ1n) is 8.68. The number of hydrogen-bond acceptors (Lipinski definition) is 7. The lowest BCUT2D eigenvalue weighted by atomic mass is 10.2. The molecule has 1 amide bonds. The number of nitrogens with one attached hydrogen (secondary N) is 1. The van der Waals surface area contributed by atoms with E-state index < -0.39 is 0 Å². The quantitative estimate of drug-likeness (QED) is 0.640. The summed E-state index contributed by atoms with van der Waals surface area (Å²) in [5.74, 6) is 1.75. The average Bonchev–Trinajstić information content (AvgIpc) is 3.23. The van der Waals surface area contributed by atoms with Gasteiger partial charge in [0.1, 0.15) is 18.0 Å². The summed E-state index contributed by atoms with van der Waals surface area (Å²) in [7, 11) is 4.92. The van der Waals surface area contributed by atoms with Gasteiger partial charge in [0.25, 0.3) is 0 Å². The van der Waals surface area contributed by atoms with E-state index in [0.717, 1.165) is 22.6 Å². The molecular formula is C20H22N4O4. The molecule has 0 saturated carbocycles. The maximum absolute atomic E-state index is 12.2. The third-order valence-electron chi connectivity index (χ3n) is 4.14. The van der Waals surface area contributed by atoms with Crippen LogP contribution in [0.2, 0.25) is 0 Å². The molecule has 0 aliphatic heterocycles. The summed E-state index contributed by atoms with van der Waals surface area (Å²) in [5, 5.41) is 6.83. The predicted molar refractivity (Wildman–Crippen MR) is 104 cm³/mol. The fourth-order valence-electron chi connectivity index (χ4n) is 2.61. The number of aromatic nitrogens is 2. The molecule has 8 heteroatoms. The predicted octanol–water partition coefficient (Wildman–Crippen LogP) is 2.51. The van der Waals surface area contributed by atoms with Gasteiger partial charge in [-0.1, -0.05) is 23.4 Å². The third kappa shape index (κ3) is 4.59. The summed E-state index contributed by atoms with van der Waals surface area (Å²) in [6, 6.07) is 15.1. The van der Waals surface area contributed by atoms with Crippen LogP contribution in [0.5, 0.6) is 11.5 Å². The van der Waals surface area contributed by atoms with Crippen LogP contribution < -0.4 is 19.7 Å². The van der Waals surface area contributed by atoms with Crippen molar-refractivity contribution in [1.29, 1.82) is 0 Å². The van der Waals surface area contributed by atoms with E-state index in [0.29, 0.717) is 12.4 Å². The molecule has 0 unspecified atom stereocenters. The number of methoxy groups -OCH3 is 2. The van der Waals surface area contributed by atoms with Crippen LogP contribution in [0.4, 0.5) is 6.01 Å². The molecular weight excluding hydrogens is 360 g/mol. The van der Waals surface area contributed by atoms with Gasteiger partial charge in [-0.05, 0) is 30.3 Å². The maximum atomic E-state index is 12.2. The van der Waals surface area contributed by atoms with E-state index in [1.807, 2.05) is 48.5 Å². The number of carbonyl (C=O) groups excluding carboxylic acids is 1. The number of likely N-dealkylation sites (N-methyl/N-ethyl adjacent to an activating group) is 1. The lowest BCUT2D eigenvalue weighted by Gasteiger charge is -2.14. The number of para-hydroxylation sites is 1. The summed E-state index contributed by atoms with van der Waals surface area (Å²) < 4.78 is 15.7. The monoisotopic (exact) mass is 382 g/mol. The fraction of sp³-hybridized carbons (Fsp3) is 0.250. The Hall–Kier alpha value is -3.55. The first-order chi connectivity index (χ1) is 13.6. The molecule has 146 valence electrons. The van der Waals surface area contributed by atoms with E-state index >= 15 is 0 Å². The summed E-state index contributed by atoms with van der Waals surface area (Å²) >= 11 is 0. The third-order valence-corrected chi connectivity index (χ3v) is 4.14. The zero-order chi connectivity index (χ0) is 19.9. The number of amides is 1. The van der Waals surface area contributed by atoms with Gasteiger partial charge in [0, 0.05) is 24.7 Å². The molecule has 0 saturated heterocycles. The van der Waals surface area contributed by atoms with Crippen LogP contribution in [0.3, 0.4) is 0 Å². The Morgan fingerprint density at radius 1 is 1.11 bits per heavy atom. The van der Waals surface area contributed by atoms with Crippen molar-refractivity contribution in [3.63, 3.8) is 0 Å². The van der Waals surface area contributed by atoms with Crippen LogP contribution in [0, 0.1) is 0 Å². The lowest BCUT2D eigenvalue weighted by Crippen LogP contribution is -2.35. The highest BCUT2D eigenvalue weighted by Gasteiger charge is 2.15. The number of carbonyl (C=O) groups is 1. The van der Waals surface area contributed by atoms with Crippen molar-refractivity contribution in [1.82, 2.24) is 15.5 Å². The van der Waals surface area contributed by atoms with Crippen molar-refractivity contribution in [2.45, 2.75) is 6.54 Å². The Bertz CT molecular complexity index is 924. The molecule has 8 nitrogen and oxygen atoms in total. The van der Waals surface area contributed by atoms with Crippen molar-refractivity contribution >= 4 is 11.9 Å². The highest BCUT2D eigenvalue weighted by molar-refractivity contribution is 5.80. The highest BCUT2D eigenvalue weighted by atomic mass is 16.5. The molecule has 0 aliphatic carbocycles. The van der Waals surface area contributed by atoms with Gasteiger partial charge in [-0.3, -0.25) is 4.79 Å². The minimum atomic E-state index is -0.169. The molecule has 0 radical (unpaired) electrons. The Balaban J connectivity index is 1.57. The van der Waals surface area contributed by atoms with Gasteiger partial charge in [-0.2, -0.15) is 4.98 Å². The van der Waals surface area contributed by atoms with Crippen molar-refractivity contribution in [2.75, 3.05) is 32.7 Å². The second-order valence-electron chi connectivity index (χ2n) is 6.07. The van der Waals surface area contributed by atoms with Crippen LogP contribution in [-0.2, 0) is 11.3 Å². The van der Waals surface area contributed by atoms with Crippen molar-refractivity contribution in [2.24, 2.45) is 0 Å². The number of benzene rings is 2. The van der Waals surface area contributed by atoms with Gasteiger partial charge in [-0.15, -0.1) is 0 Å². The smallest absolute Gasteiger partial charge is 0.324 e. The van der Waals surface area contributed by atoms with Crippen LogP contribution in [0.25, 0.3) is 11.4 Å². The highest BCUT2D eigenvalue weighted by Crippen LogP contribution is 2.22. The van der Waals surface area contributed by atoms with Crippen LogP contribution >= 0.6 is 0 Å². The molecule has 28 heavy (non-hydrogen) atoms. The number of anilines is 1. The molecule has 0 atom stereocenters. The Kier molecular flexibility index (Phi) is 6.11. The zero-order valence-corrected chi connectivity index (χ0v) is 16.0. The molecule has 0 aliphatic rings. The first-order valence-corrected chi connectivity index (χ1v) is 8.68. The largest absolute Gasteiger partial charge is 0.497 e. The average molecular weight is 382 g/mol. The molecule has 1 aromatic heterocycles. The van der Waals surface area contributed by atoms with Crippen LogP contribution in [0.15, 0.2) is 53.1 Å². The summed E-state index contributed by atoms with van der Waals surface area (Å²) in [6.07, 6.45) is 0. The van der Waals surface area contributed by atoms with E-state index in [1.165, 1.54) is 0 Å². The van der Waals surface area contributed by atoms with Gasteiger partial charge < -0.3 is 24.2 Å². The SMILES string of the molecule is COc1ccc(-c2noc(N(C)CC(=O)NCc3ccccc3OC)n2)cc1. The molecule has 1 heterocycles. The fourth-order valence-corrected chi connectivity index (χ4v) is 2.61. The van der Waals surface area contributed by atoms with Crippen LogP contribution in [-0.4, -0.2) is 43.9 Å². The molecule has 0 spiro atoms. The summed E-state index contributed by atoms with van der Waals surface area (Å²) in [4.78, 5) is 18.2. The summed E-state index contributed by atoms with van der Waals surface area (Å²) in [6.45, 7) is 0.455. The molecule has 0 bridgehead atoms. The minimum absolute atomic E-state index is 0.0827. The van der Waals surface area contributed by atoms with E-state index in [2.05, 4.69) is 15.5 Å². The van der Waals surface area contributed by atoms with Crippen molar-refractivity contribution in [3.8, 4) is 22.9 Å². The van der Waals surface area contributed by atoms with Crippen LogP contribution in [0.1, 0.15) is 5.56 Å². The Morgan fingerprint density at radius 3 is 2.57 bits per heavy atom. The van der Waals surface area contributed by atoms with Gasteiger partial charge >= 0.3 is 6.01 Å². The van der Waals surface area contributed by atoms with E-state index in [4.69, 9.17) is 14.0 Å². The van der Waals surface area contributed by atoms with Gasteiger partial charge in [0.2, 0.25) is 11.7 Å². The summed E-state index contributed by atoms with van der Waals surface area (Å²) in [5.41, 5.74) is 1.70. The molecule has 2 aromatic carbocycles. The van der Waals surface area contributed by atoms with E-state index in [1.54, 1.807) is 26.2 Å². The minimum Gasteiger partial charge on any atom is -0.497 e. The van der Waals surface area contributed by atoms with Gasteiger partial charge in [0.15, 0.2) is 0 Å². The number of hydrogen-bond donors (Lipinski definition) is 1. The number of ether oxygens (including phenoxy) is 2.